The van der Waals surface area contributed by atoms with Crippen molar-refractivity contribution in [1.29, 1.82) is 0 Å². The molecular weight excluding hydrogens is 384 g/mol. The van der Waals surface area contributed by atoms with Gasteiger partial charge < -0.3 is 15.4 Å². The Kier molecular flexibility index (Phi) is 5.91. The van der Waals surface area contributed by atoms with Crippen LogP contribution >= 0.6 is 11.3 Å². The molecule has 4 rings (SSSR count). The molecule has 0 unspecified atom stereocenters. The van der Waals surface area contributed by atoms with E-state index in [0.717, 1.165) is 18.6 Å². The summed E-state index contributed by atoms with van der Waals surface area (Å²) in [5.74, 6) is 0.476. The number of carbonyl (C=O) groups excluding carboxylic acids is 2. The standard InChI is InChI=1S/C23H22N2O3S/c26-22(16-7-13-20(14-8-16)28-19-4-1-2-5-19)24-17-9-11-18(12-10-17)25-23(27)21-6-3-15-29-21/h3,6-15,19H,1-2,4-5H2,(H,24,26)(H,25,27). The van der Waals surface area contributed by atoms with Gasteiger partial charge in [0.2, 0.25) is 0 Å². The topological polar surface area (TPSA) is 67.4 Å². The second-order valence-corrected chi connectivity index (χ2v) is 7.96. The highest BCUT2D eigenvalue weighted by Gasteiger charge is 2.16. The summed E-state index contributed by atoms with van der Waals surface area (Å²) in [5.41, 5.74) is 1.91. The summed E-state index contributed by atoms with van der Waals surface area (Å²) in [7, 11) is 0. The maximum atomic E-state index is 12.5. The summed E-state index contributed by atoms with van der Waals surface area (Å²) < 4.78 is 5.93. The van der Waals surface area contributed by atoms with E-state index in [1.165, 1.54) is 24.2 Å². The number of ether oxygens (including phenoxy) is 1. The zero-order valence-electron chi connectivity index (χ0n) is 15.9. The van der Waals surface area contributed by atoms with Crippen LogP contribution in [-0.2, 0) is 0 Å². The van der Waals surface area contributed by atoms with Crippen LogP contribution in [0, 0.1) is 0 Å². The maximum absolute atomic E-state index is 12.5. The van der Waals surface area contributed by atoms with Gasteiger partial charge in [0.1, 0.15) is 5.75 Å². The van der Waals surface area contributed by atoms with Crippen molar-refractivity contribution in [2.24, 2.45) is 0 Å². The molecule has 1 saturated carbocycles. The second kappa shape index (κ2) is 8.92. The van der Waals surface area contributed by atoms with Crippen molar-refractivity contribution < 1.29 is 14.3 Å². The fraction of sp³-hybridized carbons (Fsp3) is 0.217. The Balaban J connectivity index is 1.32. The zero-order chi connectivity index (χ0) is 20.1. The summed E-state index contributed by atoms with van der Waals surface area (Å²) in [6, 6.07) is 17.9. The summed E-state index contributed by atoms with van der Waals surface area (Å²) in [6.07, 6.45) is 4.95. The molecule has 1 aliphatic rings. The lowest BCUT2D eigenvalue weighted by atomic mass is 10.2. The lowest BCUT2D eigenvalue weighted by molar-refractivity contribution is 0.102. The molecule has 0 saturated heterocycles. The average molecular weight is 407 g/mol. The number of nitrogens with one attached hydrogen (secondary N) is 2. The maximum Gasteiger partial charge on any atom is 0.265 e. The lowest BCUT2D eigenvalue weighted by Crippen LogP contribution is -2.13. The predicted molar refractivity (Wildman–Crippen MR) is 116 cm³/mol. The van der Waals surface area contributed by atoms with Crippen molar-refractivity contribution in [1.82, 2.24) is 0 Å². The van der Waals surface area contributed by atoms with Gasteiger partial charge in [-0.3, -0.25) is 9.59 Å². The fourth-order valence-corrected chi connectivity index (χ4v) is 3.94. The minimum Gasteiger partial charge on any atom is -0.490 e. The summed E-state index contributed by atoms with van der Waals surface area (Å²) in [4.78, 5) is 25.2. The SMILES string of the molecule is O=C(Nc1ccc(NC(=O)c2cccs2)cc1)c1ccc(OC2CCCC2)cc1. The summed E-state index contributed by atoms with van der Waals surface area (Å²) in [5, 5.41) is 7.57. The Bertz CT molecular complexity index is 960. The Hall–Kier alpha value is -3.12. The van der Waals surface area contributed by atoms with E-state index in [0.29, 0.717) is 27.9 Å². The molecule has 1 heterocycles. The zero-order valence-corrected chi connectivity index (χ0v) is 16.7. The molecule has 1 fully saturated rings. The number of benzene rings is 2. The molecular formula is C23H22N2O3S. The molecule has 29 heavy (non-hydrogen) atoms. The minimum atomic E-state index is -0.187. The van der Waals surface area contributed by atoms with Crippen LogP contribution in [-0.4, -0.2) is 17.9 Å². The number of rotatable bonds is 6. The Morgan fingerprint density at radius 3 is 2.03 bits per heavy atom. The second-order valence-electron chi connectivity index (χ2n) is 7.01. The van der Waals surface area contributed by atoms with Crippen molar-refractivity contribution >= 4 is 34.5 Å². The van der Waals surface area contributed by atoms with E-state index in [4.69, 9.17) is 4.74 Å². The van der Waals surface area contributed by atoms with Crippen LogP contribution < -0.4 is 15.4 Å². The van der Waals surface area contributed by atoms with E-state index in [1.54, 1.807) is 42.5 Å². The quantitative estimate of drug-likeness (QED) is 0.562. The number of carbonyl (C=O) groups is 2. The third-order valence-electron chi connectivity index (χ3n) is 4.87. The highest BCUT2D eigenvalue weighted by atomic mass is 32.1. The highest BCUT2D eigenvalue weighted by Crippen LogP contribution is 2.24. The normalized spacial score (nSPS) is 13.8. The molecule has 2 N–H and O–H groups in total. The first-order valence-corrected chi connectivity index (χ1v) is 10.6. The lowest BCUT2D eigenvalue weighted by Gasteiger charge is -2.13. The number of hydrogen-bond acceptors (Lipinski definition) is 4. The van der Waals surface area contributed by atoms with Gasteiger partial charge in [-0.05, 0) is 85.7 Å². The van der Waals surface area contributed by atoms with E-state index >= 15 is 0 Å². The van der Waals surface area contributed by atoms with Crippen LogP contribution in [0.1, 0.15) is 45.7 Å². The molecule has 0 bridgehead atoms. The molecule has 1 aliphatic carbocycles. The van der Waals surface area contributed by atoms with E-state index in [1.807, 2.05) is 23.6 Å². The van der Waals surface area contributed by atoms with Crippen LogP contribution in [0.5, 0.6) is 5.75 Å². The minimum absolute atomic E-state index is 0.142. The molecule has 0 spiro atoms. The van der Waals surface area contributed by atoms with Crippen LogP contribution in [0.15, 0.2) is 66.0 Å². The van der Waals surface area contributed by atoms with Gasteiger partial charge >= 0.3 is 0 Å². The monoisotopic (exact) mass is 406 g/mol. The van der Waals surface area contributed by atoms with Crippen molar-refractivity contribution in [2.45, 2.75) is 31.8 Å². The van der Waals surface area contributed by atoms with E-state index in [2.05, 4.69) is 10.6 Å². The third-order valence-corrected chi connectivity index (χ3v) is 5.74. The molecule has 148 valence electrons. The molecule has 0 aliphatic heterocycles. The molecule has 2 amide bonds. The first kappa shape index (κ1) is 19.2. The van der Waals surface area contributed by atoms with E-state index < -0.39 is 0 Å². The van der Waals surface area contributed by atoms with Gasteiger partial charge in [0.05, 0.1) is 11.0 Å². The first-order valence-electron chi connectivity index (χ1n) is 9.70. The van der Waals surface area contributed by atoms with Crippen molar-refractivity contribution in [3.8, 4) is 5.75 Å². The van der Waals surface area contributed by atoms with Crippen LogP contribution in [0.2, 0.25) is 0 Å². The van der Waals surface area contributed by atoms with Crippen molar-refractivity contribution in [3.05, 3.63) is 76.5 Å². The van der Waals surface area contributed by atoms with Gasteiger partial charge in [-0.2, -0.15) is 0 Å². The van der Waals surface area contributed by atoms with Gasteiger partial charge in [0.15, 0.2) is 0 Å². The first-order chi connectivity index (χ1) is 14.2. The fourth-order valence-electron chi connectivity index (χ4n) is 3.32. The van der Waals surface area contributed by atoms with Gasteiger partial charge in [0, 0.05) is 16.9 Å². The number of thiophene rings is 1. The largest absolute Gasteiger partial charge is 0.490 e. The van der Waals surface area contributed by atoms with Crippen LogP contribution in [0.3, 0.4) is 0 Å². The molecule has 5 nitrogen and oxygen atoms in total. The Labute approximate surface area is 173 Å². The Morgan fingerprint density at radius 1 is 0.828 bits per heavy atom. The third kappa shape index (κ3) is 5.03. The molecule has 0 atom stereocenters. The molecule has 3 aromatic rings. The van der Waals surface area contributed by atoms with Gasteiger partial charge in [-0.1, -0.05) is 6.07 Å². The van der Waals surface area contributed by atoms with E-state index in [9.17, 15) is 9.59 Å². The van der Waals surface area contributed by atoms with Crippen molar-refractivity contribution in [3.63, 3.8) is 0 Å². The number of anilines is 2. The van der Waals surface area contributed by atoms with Crippen molar-refractivity contribution in [2.75, 3.05) is 10.6 Å². The van der Waals surface area contributed by atoms with E-state index in [-0.39, 0.29) is 11.8 Å². The molecule has 1 aromatic heterocycles. The number of amides is 2. The van der Waals surface area contributed by atoms with Gasteiger partial charge in [-0.25, -0.2) is 0 Å². The summed E-state index contributed by atoms with van der Waals surface area (Å²) >= 11 is 1.39. The van der Waals surface area contributed by atoms with Gasteiger partial charge in [-0.15, -0.1) is 11.3 Å². The van der Waals surface area contributed by atoms with Crippen LogP contribution in [0.4, 0.5) is 11.4 Å². The molecule has 6 heteroatoms. The average Bonchev–Trinajstić information content (AvgIpc) is 3.44. The highest BCUT2D eigenvalue weighted by molar-refractivity contribution is 7.12. The summed E-state index contributed by atoms with van der Waals surface area (Å²) in [6.45, 7) is 0. The smallest absolute Gasteiger partial charge is 0.265 e. The molecule has 2 aromatic carbocycles. The Morgan fingerprint density at radius 2 is 1.45 bits per heavy atom. The van der Waals surface area contributed by atoms with Crippen LogP contribution in [0.25, 0.3) is 0 Å². The predicted octanol–water partition coefficient (Wildman–Crippen LogP) is 5.57. The number of hydrogen-bond donors (Lipinski definition) is 2. The van der Waals surface area contributed by atoms with Gasteiger partial charge in [0.25, 0.3) is 11.8 Å². The molecule has 0 radical (unpaired) electrons.